The molecule has 0 aliphatic heterocycles. The highest BCUT2D eigenvalue weighted by molar-refractivity contribution is 5.81. The van der Waals surface area contributed by atoms with Gasteiger partial charge in [0.15, 0.2) is 0 Å². The van der Waals surface area contributed by atoms with Gasteiger partial charge in [0.25, 0.3) is 0 Å². The maximum atomic E-state index is 12.1. The highest BCUT2D eigenvalue weighted by Crippen LogP contribution is 2.17. The number of alkyl halides is 3. The summed E-state index contributed by atoms with van der Waals surface area (Å²) in [5.41, 5.74) is 4.94. The SMILES string of the molecule is CN(CCOCCOCCOCCOCCC(N)=O)C(=O)C(F)(F)F. The highest BCUT2D eigenvalue weighted by Gasteiger charge is 2.40. The van der Waals surface area contributed by atoms with Crippen molar-refractivity contribution in [3.63, 3.8) is 0 Å². The van der Waals surface area contributed by atoms with Crippen molar-refractivity contribution in [3.05, 3.63) is 0 Å². The normalized spacial score (nSPS) is 11.5. The Morgan fingerprint density at radius 1 is 0.840 bits per heavy atom. The number of hydrogen-bond donors (Lipinski definition) is 1. The van der Waals surface area contributed by atoms with E-state index in [1.165, 1.54) is 0 Å². The molecule has 0 aromatic rings. The first-order chi connectivity index (χ1) is 11.7. The zero-order valence-corrected chi connectivity index (χ0v) is 14.2. The Bertz CT molecular complexity index is 382. The summed E-state index contributed by atoms with van der Waals surface area (Å²) in [7, 11) is 1.06. The predicted molar refractivity (Wildman–Crippen MR) is 80.8 cm³/mol. The number of likely N-dealkylation sites (N-methyl/N-ethyl adjacent to an activating group) is 1. The Morgan fingerprint density at radius 3 is 1.64 bits per heavy atom. The van der Waals surface area contributed by atoms with Gasteiger partial charge in [-0.15, -0.1) is 0 Å². The van der Waals surface area contributed by atoms with E-state index in [1.807, 2.05) is 0 Å². The number of primary amides is 1. The van der Waals surface area contributed by atoms with E-state index in [0.717, 1.165) is 7.05 Å². The van der Waals surface area contributed by atoms with Crippen molar-refractivity contribution in [2.75, 3.05) is 66.4 Å². The van der Waals surface area contributed by atoms with Crippen molar-refractivity contribution < 1.29 is 41.7 Å². The molecule has 2 amide bonds. The summed E-state index contributed by atoms with van der Waals surface area (Å²) in [4.78, 5) is 21.8. The quantitative estimate of drug-likeness (QED) is 0.404. The van der Waals surface area contributed by atoms with Crippen molar-refractivity contribution in [2.45, 2.75) is 12.6 Å². The Labute approximate surface area is 144 Å². The molecule has 2 N–H and O–H groups in total. The van der Waals surface area contributed by atoms with Crippen LogP contribution < -0.4 is 5.73 Å². The molecule has 8 nitrogen and oxygen atoms in total. The summed E-state index contributed by atoms with van der Waals surface area (Å²) in [6, 6.07) is 0. The second-order valence-electron chi connectivity index (χ2n) is 4.89. The molecule has 11 heteroatoms. The summed E-state index contributed by atoms with van der Waals surface area (Å²) in [6.45, 7) is 1.94. The molecule has 148 valence electrons. The lowest BCUT2D eigenvalue weighted by atomic mass is 10.4. The van der Waals surface area contributed by atoms with E-state index in [2.05, 4.69) is 0 Å². The first-order valence-corrected chi connectivity index (χ1v) is 7.66. The molecule has 0 atom stereocenters. The van der Waals surface area contributed by atoms with Crippen LogP contribution in [-0.4, -0.2) is 89.3 Å². The number of nitrogens with zero attached hydrogens (tertiary/aromatic N) is 1. The molecule has 0 rings (SSSR count). The third kappa shape index (κ3) is 14.6. The number of carbonyl (C=O) groups excluding carboxylic acids is 2. The average molecular weight is 374 g/mol. The molecule has 0 heterocycles. The van der Waals surface area contributed by atoms with Crippen LogP contribution in [-0.2, 0) is 28.5 Å². The molecule has 25 heavy (non-hydrogen) atoms. The van der Waals surface area contributed by atoms with E-state index in [9.17, 15) is 22.8 Å². The molecule has 0 aliphatic carbocycles. The zero-order valence-electron chi connectivity index (χ0n) is 14.2. The molecular formula is C14H25F3N2O6. The third-order valence-electron chi connectivity index (χ3n) is 2.77. The minimum atomic E-state index is -4.87. The lowest BCUT2D eigenvalue weighted by molar-refractivity contribution is -0.184. The molecule has 0 spiro atoms. The van der Waals surface area contributed by atoms with Gasteiger partial charge in [-0.3, -0.25) is 9.59 Å². The predicted octanol–water partition coefficient (Wildman–Crippen LogP) is -0.0511. The zero-order chi connectivity index (χ0) is 19.1. The summed E-state index contributed by atoms with van der Waals surface area (Å²) >= 11 is 0. The van der Waals surface area contributed by atoms with Crippen molar-refractivity contribution in [2.24, 2.45) is 5.73 Å². The van der Waals surface area contributed by atoms with E-state index in [-0.39, 0.29) is 39.4 Å². The number of nitrogens with two attached hydrogens (primary N) is 1. The molecular weight excluding hydrogens is 349 g/mol. The highest BCUT2D eigenvalue weighted by atomic mass is 19.4. The van der Waals surface area contributed by atoms with Crippen molar-refractivity contribution in [3.8, 4) is 0 Å². The van der Waals surface area contributed by atoms with Crippen molar-refractivity contribution in [1.82, 2.24) is 4.90 Å². The molecule has 0 unspecified atom stereocenters. The van der Waals surface area contributed by atoms with Gasteiger partial charge in [-0.2, -0.15) is 13.2 Å². The Hall–Kier alpha value is -1.43. The minimum absolute atomic E-state index is 0.0131. The molecule has 0 fully saturated rings. The van der Waals surface area contributed by atoms with Gasteiger partial charge in [0.1, 0.15) is 0 Å². The fourth-order valence-electron chi connectivity index (χ4n) is 1.45. The van der Waals surface area contributed by atoms with Crippen molar-refractivity contribution in [1.29, 1.82) is 0 Å². The molecule has 0 aromatic heterocycles. The van der Waals surface area contributed by atoms with Crippen LogP contribution in [0.25, 0.3) is 0 Å². The van der Waals surface area contributed by atoms with Gasteiger partial charge in [0.2, 0.25) is 5.91 Å². The number of amides is 2. The smallest absolute Gasteiger partial charge is 0.379 e. The van der Waals surface area contributed by atoms with Crippen LogP contribution in [0.4, 0.5) is 13.2 Å². The van der Waals surface area contributed by atoms with Gasteiger partial charge in [-0.05, 0) is 0 Å². The van der Waals surface area contributed by atoms with Crippen LogP contribution in [0.1, 0.15) is 6.42 Å². The van der Waals surface area contributed by atoms with E-state index in [0.29, 0.717) is 31.3 Å². The fourth-order valence-corrected chi connectivity index (χ4v) is 1.45. The number of ether oxygens (including phenoxy) is 4. The summed E-state index contributed by atoms with van der Waals surface area (Å²) < 4.78 is 56.9. The molecule has 0 saturated carbocycles. The van der Waals surface area contributed by atoms with Gasteiger partial charge in [-0.25, -0.2) is 0 Å². The minimum Gasteiger partial charge on any atom is -0.379 e. The van der Waals surface area contributed by atoms with Crippen LogP contribution in [0.15, 0.2) is 0 Å². The van der Waals surface area contributed by atoms with Crippen molar-refractivity contribution >= 4 is 11.8 Å². The average Bonchev–Trinajstić information content (AvgIpc) is 2.53. The van der Waals surface area contributed by atoms with Crippen LogP contribution in [0.5, 0.6) is 0 Å². The molecule has 0 radical (unpaired) electrons. The lowest BCUT2D eigenvalue weighted by Crippen LogP contribution is -2.40. The molecule has 0 aliphatic rings. The maximum Gasteiger partial charge on any atom is 0.471 e. The van der Waals surface area contributed by atoms with Gasteiger partial charge >= 0.3 is 12.1 Å². The first kappa shape index (κ1) is 23.6. The Kier molecular flexibility index (Phi) is 13.0. The van der Waals surface area contributed by atoms with Crippen LogP contribution in [0.2, 0.25) is 0 Å². The van der Waals surface area contributed by atoms with E-state index in [1.54, 1.807) is 0 Å². The fraction of sp³-hybridized carbons (Fsp3) is 0.857. The summed E-state index contributed by atoms with van der Waals surface area (Å²) in [5, 5.41) is 0. The van der Waals surface area contributed by atoms with Crippen LogP contribution in [0, 0.1) is 0 Å². The Balaban J connectivity index is 3.29. The van der Waals surface area contributed by atoms with Gasteiger partial charge in [-0.1, -0.05) is 0 Å². The number of halogens is 3. The first-order valence-electron chi connectivity index (χ1n) is 7.66. The van der Waals surface area contributed by atoms with Gasteiger partial charge in [0.05, 0.1) is 52.9 Å². The lowest BCUT2D eigenvalue weighted by Gasteiger charge is -2.18. The summed E-state index contributed by atoms with van der Waals surface area (Å²) in [5.74, 6) is -2.32. The molecule has 0 bridgehead atoms. The largest absolute Gasteiger partial charge is 0.471 e. The van der Waals surface area contributed by atoms with Crippen LogP contribution >= 0.6 is 0 Å². The van der Waals surface area contributed by atoms with Crippen LogP contribution in [0.3, 0.4) is 0 Å². The maximum absolute atomic E-state index is 12.1. The number of rotatable bonds is 15. The topological polar surface area (TPSA) is 100 Å². The molecule has 0 aromatic carbocycles. The van der Waals surface area contributed by atoms with Gasteiger partial charge in [0, 0.05) is 20.0 Å². The van der Waals surface area contributed by atoms with E-state index in [4.69, 9.17) is 24.7 Å². The number of hydrogen-bond acceptors (Lipinski definition) is 6. The molecule has 0 saturated heterocycles. The monoisotopic (exact) mass is 374 g/mol. The van der Waals surface area contributed by atoms with Gasteiger partial charge < -0.3 is 29.6 Å². The number of carbonyl (C=O) groups is 2. The van der Waals surface area contributed by atoms with E-state index >= 15 is 0 Å². The third-order valence-corrected chi connectivity index (χ3v) is 2.77. The standard InChI is InChI=1S/C14H25F3N2O6/c1-19(13(21)14(15,16)17)3-5-23-7-9-25-11-10-24-8-6-22-4-2-12(18)20/h2-11H2,1H3,(H2,18,20). The second kappa shape index (κ2) is 13.8. The van der Waals surface area contributed by atoms with E-state index < -0.39 is 18.0 Å². The summed E-state index contributed by atoms with van der Waals surface area (Å²) in [6.07, 6.45) is -4.70. The Morgan fingerprint density at radius 2 is 1.24 bits per heavy atom. The second-order valence-corrected chi connectivity index (χ2v) is 4.89.